The minimum absolute atomic E-state index is 0.0956. The van der Waals surface area contributed by atoms with Crippen LogP contribution in [0, 0.1) is 5.41 Å². The van der Waals surface area contributed by atoms with Crippen molar-refractivity contribution < 1.29 is 18.0 Å². The number of rotatable bonds is 5. The van der Waals surface area contributed by atoms with Gasteiger partial charge in [0.25, 0.3) is 0 Å². The van der Waals surface area contributed by atoms with Gasteiger partial charge in [0.05, 0.1) is 16.1 Å². The van der Waals surface area contributed by atoms with Gasteiger partial charge in [0.15, 0.2) is 9.84 Å². The largest absolute Gasteiger partial charge is 0.299 e. The summed E-state index contributed by atoms with van der Waals surface area (Å²) in [5, 5.41) is 0. The first-order chi connectivity index (χ1) is 9.38. The second kappa shape index (κ2) is 5.48. The van der Waals surface area contributed by atoms with E-state index < -0.39 is 15.3 Å². The zero-order chi connectivity index (χ0) is 14.8. The first kappa shape index (κ1) is 14.9. The zero-order valence-corrected chi connectivity index (χ0v) is 12.3. The van der Waals surface area contributed by atoms with Crippen LogP contribution in [0.15, 0.2) is 35.2 Å². The van der Waals surface area contributed by atoms with Gasteiger partial charge in [0, 0.05) is 6.42 Å². The van der Waals surface area contributed by atoms with Gasteiger partial charge >= 0.3 is 0 Å². The van der Waals surface area contributed by atoms with Crippen LogP contribution in [0.2, 0.25) is 0 Å². The summed E-state index contributed by atoms with van der Waals surface area (Å²) >= 11 is 0. The highest BCUT2D eigenvalue weighted by Crippen LogP contribution is 2.39. The second-order valence-corrected chi connectivity index (χ2v) is 7.41. The molecule has 0 spiro atoms. The van der Waals surface area contributed by atoms with Crippen molar-refractivity contribution in [3.05, 3.63) is 30.3 Å². The fraction of sp³-hybridized carbons (Fsp3) is 0.467. The maximum atomic E-state index is 12.2. The fourth-order valence-corrected chi connectivity index (χ4v) is 4.22. The molecule has 1 atom stereocenters. The molecule has 1 aromatic rings. The Bertz CT molecular complexity index is 619. The number of carbonyl (C=O) groups excluding carboxylic acids is 2. The Labute approximate surface area is 119 Å². The first-order valence-electron chi connectivity index (χ1n) is 6.71. The summed E-state index contributed by atoms with van der Waals surface area (Å²) in [5.41, 5.74) is -1.07. The number of sulfone groups is 1. The van der Waals surface area contributed by atoms with Crippen molar-refractivity contribution in [1.82, 2.24) is 0 Å². The van der Waals surface area contributed by atoms with E-state index in [1.807, 2.05) is 0 Å². The summed E-state index contributed by atoms with van der Waals surface area (Å²) in [5.74, 6) is -0.473. The van der Waals surface area contributed by atoms with Crippen molar-refractivity contribution in [1.29, 1.82) is 0 Å². The van der Waals surface area contributed by atoms with Crippen molar-refractivity contribution in [2.75, 3.05) is 5.75 Å². The lowest BCUT2D eigenvalue weighted by Crippen LogP contribution is -2.35. The summed E-state index contributed by atoms with van der Waals surface area (Å²) in [7, 11) is -3.45. The predicted molar refractivity (Wildman–Crippen MR) is 75.1 cm³/mol. The average Bonchev–Trinajstić information content (AvgIpc) is 2.80. The van der Waals surface area contributed by atoms with E-state index in [2.05, 4.69) is 0 Å². The monoisotopic (exact) mass is 294 g/mol. The Morgan fingerprint density at radius 3 is 2.40 bits per heavy atom. The van der Waals surface area contributed by atoms with Gasteiger partial charge in [-0.2, -0.15) is 0 Å². The van der Waals surface area contributed by atoms with Gasteiger partial charge in [-0.15, -0.1) is 0 Å². The molecule has 1 saturated carbocycles. The molecule has 1 fully saturated rings. The second-order valence-electron chi connectivity index (χ2n) is 5.30. The normalized spacial score (nSPS) is 22.9. The van der Waals surface area contributed by atoms with E-state index >= 15 is 0 Å². The maximum Gasteiger partial charge on any atom is 0.178 e. The number of benzene rings is 1. The van der Waals surface area contributed by atoms with E-state index in [0.717, 1.165) is 0 Å². The third-order valence-corrected chi connectivity index (χ3v) is 5.85. The predicted octanol–water partition coefficient (Wildman–Crippen LogP) is 2.18. The van der Waals surface area contributed by atoms with Crippen molar-refractivity contribution in [2.24, 2.45) is 5.41 Å². The van der Waals surface area contributed by atoms with Gasteiger partial charge in [-0.05, 0) is 38.3 Å². The number of hydrogen-bond acceptors (Lipinski definition) is 4. The molecule has 20 heavy (non-hydrogen) atoms. The summed E-state index contributed by atoms with van der Waals surface area (Å²) in [6, 6.07) is 8.14. The third-order valence-electron chi connectivity index (χ3n) is 4.11. The summed E-state index contributed by atoms with van der Waals surface area (Å²) < 4.78 is 24.5. The van der Waals surface area contributed by atoms with Crippen LogP contribution in [0.25, 0.3) is 0 Å². The number of carbonyl (C=O) groups is 2. The van der Waals surface area contributed by atoms with Crippen LogP contribution in [-0.2, 0) is 19.4 Å². The quantitative estimate of drug-likeness (QED) is 0.781. The van der Waals surface area contributed by atoms with Gasteiger partial charge in [-0.25, -0.2) is 8.42 Å². The molecule has 0 aromatic heterocycles. The van der Waals surface area contributed by atoms with Gasteiger partial charge in [0.2, 0.25) is 0 Å². The lowest BCUT2D eigenvalue weighted by molar-refractivity contribution is -0.137. The molecule has 0 N–H and O–H groups in total. The molecule has 108 valence electrons. The zero-order valence-electron chi connectivity index (χ0n) is 11.5. The first-order valence-corrected chi connectivity index (χ1v) is 8.36. The Morgan fingerprint density at radius 1 is 1.25 bits per heavy atom. The van der Waals surface area contributed by atoms with E-state index in [9.17, 15) is 18.0 Å². The van der Waals surface area contributed by atoms with Gasteiger partial charge in [-0.3, -0.25) is 9.59 Å². The van der Waals surface area contributed by atoms with Crippen LogP contribution < -0.4 is 0 Å². The summed E-state index contributed by atoms with van der Waals surface area (Å²) in [6.07, 6.45) is 1.62. The maximum absolute atomic E-state index is 12.2. The highest BCUT2D eigenvalue weighted by Gasteiger charge is 2.46. The lowest BCUT2D eigenvalue weighted by atomic mass is 9.79. The van der Waals surface area contributed by atoms with Gasteiger partial charge in [0.1, 0.15) is 11.6 Å². The molecule has 5 heteroatoms. The molecule has 1 aliphatic carbocycles. The van der Waals surface area contributed by atoms with Crippen LogP contribution >= 0.6 is 0 Å². The smallest absolute Gasteiger partial charge is 0.178 e. The van der Waals surface area contributed by atoms with E-state index in [1.54, 1.807) is 18.2 Å². The van der Waals surface area contributed by atoms with Crippen molar-refractivity contribution >= 4 is 21.4 Å². The van der Waals surface area contributed by atoms with Crippen LogP contribution in [0.1, 0.15) is 32.6 Å². The Balaban J connectivity index is 2.19. The van der Waals surface area contributed by atoms with Crippen molar-refractivity contribution in [3.8, 4) is 0 Å². The molecule has 0 radical (unpaired) electrons. The Kier molecular flexibility index (Phi) is 4.09. The SMILES string of the molecule is CC(=O)C1(CCS(=O)(=O)c2ccccc2)CCCC1=O. The molecule has 0 amide bonds. The number of Topliss-reactive ketones (excluding diaryl/α,β-unsaturated/α-hetero) is 2. The molecule has 1 aromatic carbocycles. The van der Waals surface area contributed by atoms with E-state index in [4.69, 9.17) is 0 Å². The highest BCUT2D eigenvalue weighted by molar-refractivity contribution is 7.91. The van der Waals surface area contributed by atoms with Crippen LogP contribution in [0.4, 0.5) is 0 Å². The van der Waals surface area contributed by atoms with Crippen molar-refractivity contribution in [3.63, 3.8) is 0 Å². The van der Waals surface area contributed by atoms with Gasteiger partial charge < -0.3 is 0 Å². The fourth-order valence-electron chi connectivity index (χ4n) is 2.80. The number of hydrogen-bond donors (Lipinski definition) is 0. The minimum atomic E-state index is -3.45. The summed E-state index contributed by atoms with van der Waals surface area (Å²) in [6.45, 7) is 1.39. The van der Waals surface area contributed by atoms with Crippen molar-refractivity contribution in [2.45, 2.75) is 37.5 Å². The van der Waals surface area contributed by atoms with Crippen LogP contribution in [-0.4, -0.2) is 25.7 Å². The molecule has 0 bridgehead atoms. The molecule has 1 aliphatic rings. The molecular weight excluding hydrogens is 276 g/mol. The minimum Gasteiger partial charge on any atom is -0.299 e. The van der Waals surface area contributed by atoms with Crippen LogP contribution in [0.3, 0.4) is 0 Å². The van der Waals surface area contributed by atoms with E-state index in [0.29, 0.717) is 19.3 Å². The lowest BCUT2D eigenvalue weighted by Gasteiger charge is -2.23. The van der Waals surface area contributed by atoms with E-state index in [1.165, 1.54) is 19.1 Å². The molecule has 1 unspecified atom stereocenters. The standard InChI is InChI=1S/C15H18O4S/c1-12(16)15(9-5-8-14(15)17)10-11-20(18,19)13-6-3-2-4-7-13/h2-4,6-7H,5,8-11H2,1H3. The number of ketones is 2. The third kappa shape index (κ3) is 2.68. The topological polar surface area (TPSA) is 68.3 Å². The molecule has 2 rings (SSSR count). The highest BCUT2D eigenvalue weighted by atomic mass is 32.2. The molecule has 4 nitrogen and oxygen atoms in total. The molecule has 0 saturated heterocycles. The summed E-state index contributed by atoms with van der Waals surface area (Å²) in [4.78, 5) is 24.0. The van der Waals surface area contributed by atoms with Crippen LogP contribution in [0.5, 0.6) is 0 Å². The Morgan fingerprint density at radius 2 is 1.90 bits per heavy atom. The Hall–Kier alpha value is -1.49. The van der Waals surface area contributed by atoms with E-state index in [-0.39, 0.29) is 28.6 Å². The molecule has 0 heterocycles. The van der Waals surface area contributed by atoms with Gasteiger partial charge in [-0.1, -0.05) is 18.2 Å². The average molecular weight is 294 g/mol. The molecular formula is C15H18O4S. The molecule has 0 aliphatic heterocycles.